The van der Waals surface area contributed by atoms with E-state index in [0.717, 1.165) is 6.16 Å². The molecule has 0 saturated carbocycles. The van der Waals surface area contributed by atoms with Crippen LogP contribution in [-0.4, -0.2) is 12.0 Å². The van der Waals surface area contributed by atoms with Crippen LogP contribution in [0.1, 0.15) is 0 Å². The van der Waals surface area contributed by atoms with Gasteiger partial charge in [0.1, 0.15) is 0 Å². The van der Waals surface area contributed by atoms with Crippen LogP contribution in [0.15, 0.2) is 0 Å². The van der Waals surface area contributed by atoms with E-state index in [-0.39, 0.29) is 0 Å². The van der Waals surface area contributed by atoms with Crippen LogP contribution >= 0.6 is 7.86 Å². The van der Waals surface area contributed by atoms with Gasteiger partial charge in [-0.25, -0.2) is 0 Å². The Balaban J connectivity index is 2.54. The molecule has 4 heavy (non-hydrogen) atoms. The molecule has 0 amide bonds. The zero-order valence-corrected chi connectivity index (χ0v) is 3.00. The van der Waals surface area contributed by atoms with Gasteiger partial charge in [-0.05, 0) is 0 Å². The second kappa shape index (κ2) is 0.526. The third kappa shape index (κ3) is 0.264. The van der Waals surface area contributed by atoms with E-state index in [2.05, 4.69) is 0 Å². The van der Waals surface area contributed by atoms with Crippen molar-refractivity contribution in [2.24, 2.45) is 0 Å². The van der Waals surface area contributed by atoms with Crippen LogP contribution in [-0.2, 0) is 0 Å². The van der Waals surface area contributed by atoms with Crippen LogP contribution in [0.2, 0.25) is 0 Å². The average Bonchev–Trinajstić information content (AvgIpc) is 1.75. The van der Waals surface area contributed by atoms with E-state index in [0.29, 0.717) is 0 Å². The minimum absolute atomic E-state index is 0.759. The lowest BCUT2D eigenvalue weighted by molar-refractivity contribution is 0.924. The Morgan fingerprint density at radius 3 is 2.25 bits per heavy atom. The molecule has 1 aliphatic rings. The number of hydrogen-bond acceptors (Lipinski definition) is 0. The predicted octanol–water partition coefficient (Wildman–Crippen LogP) is 1.17. The van der Waals surface area contributed by atoms with E-state index in [4.69, 9.17) is 0 Å². The molecule has 2 heteroatoms. The second-order valence-corrected chi connectivity index (χ2v) is 2.29. The van der Waals surface area contributed by atoms with Gasteiger partial charge in [-0.2, -0.15) is 0 Å². The second-order valence-electron chi connectivity index (χ2n) is 0.765. The molecule has 22 valence electrons. The van der Waals surface area contributed by atoms with Crippen molar-refractivity contribution in [3.05, 3.63) is 0 Å². The number of hydrogen-bond donors (Lipinski definition) is 0. The van der Waals surface area contributed by atoms with Crippen molar-refractivity contribution in [1.29, 1.82) is 0 Å². The van der Waals surface area contributed by atoms with E-state index >= 15 is 0 Å². The normalized spacial score (nSPS) is 28.8. The summed E-state index contributed by atoms with van der Waals surface area (Å²) in [6.45, 7) is 0. The zero-order valence-electron chi connectivity index (χ0n) is 2.11. The Bertz CT molecular complexity index is 57.1. The first-order chi connectivity index (χ1) is 1.89. The molecule has 0 bridgehead atoms. The monoisotopic (exact) mass is 77.0 g/mol. The fourth-order valence-electron chi connectivity index (χ4n) is 0.0309. The van der Waals surface area contributed by atoms with E-state index in [1.807, 2.05) is 0 Å². The summed E-state index contributed by atoms with van der Waals surface area (Å²) in [5.74, 6) is 1.69. The molecule has 0 aliphatic carbocycles. The topological polar surface area (TPSA) is 0 Å². The van der Waals surface area contributed by atoms with Gasteiger partial charge in [-0.1, -0.05) is 0 Å². The van der Waals surface area contributed by atoms with Crippen LogP contribution in [0.25, 0.3) is 0 Å². The molecule has 0 aromatic carbocycles. The molecule has 1 rings (SSSR count). The van der Waals surface area contributed by atoms with Crippen LogP contribution in [0.4, 0.5) is 4.20 Å². The first-order valence-electron chi connectivity index (χ1n) is 1.15. The molecule has 0 fully saturated rings. The molecular formula is C2H3FP+. The van der Waals surface area contributed by atoms with Gasteiger partial charge in [0.2, 0.25) is 6.16 Å². The largest absolute Gasteiger partial charge is 0.324 e. The first kappa shape index (κ1) is 2.34. The fraction of sp³-hybridized carbons (Fsp3) is 0.500. The lowest BCUT2D eigenvalue weighted by atomic mass is 11.0. The molecule has 0 saturated heterocycles. The summed E-state index contributed by atoms with van der Waals surface area (Å²) < 4.78 is 11.1. The number of halogens is 1. The maximum Gasteiger partial charge on any atom is 0.324 e. The van der Waals surface area contributed by atoms with E-state index in [9.17, 15) is 4.20 Å². The van der Waals surface area contributed by atoms with Crippen molar-refractivity contribution >= 4 is 13.7 Å². The van der Waals surface area contributed by atoms with E-state index in [1.165, 1.54) is 0 Å². The maximum atomic E-state index is 11.1. The van der Waals surface area contributed by atoms with E-state index in [1.54, 1.807) is 5.80 Å². The third-order valence-electron chi connectivity index (χ3n) is 0.321. The summed E-state index contributed by atoms with van der Waals surface area (Å²) in [6, 6.07) is 0. The highest BCUT2D eigenvalue weighted by Gasteiger charge is 2.21. The first-order valence-corrected chi connectivity index (χ1v) is 2.64. The van der Waals surface area contributed by atoms with Crippen LogP contribution in [0.5, 0.6) is 0 Å². The highest BCUT2D eigenvalue weighted by molar-refractivity contribution is 7.62. The van der Waals surface area contributed by atoms with Crippen molar-refractivity contribution in [3.8, 4) is 0 Å². The van der Waals surface area contributed by atoms with Gasteiger partial charge in [0.15, 0.2) is 5.80 Å². The van der Waals surface area contributed by atoms with Gasteiger partial charge in [-0.15, -0.1) is 0 Å². The standard InChI is InChI=1S/C2H3FP/c3-4-1-2-4/h1H,2H2/q+1. The molecular weight excluding hydrogens is 74.0 g/mol. The molecule has 0 radical (unpaired) electrons. The Morgan fingerprint density at radius 1 is 2.00 bits per heavy atom. The van der Waals surface area contributed by atoms with Crippen molar-refractivity contribution in [1.82, 2.24) is 0 Å². The SMILES string of the molecule is F[P+]1=CC1. The minimum atomic E-state index is -0.995. The Labute approximate surface area is 25.1 Å². The summed E-state index contributed by atoms with van der Waals surface area (Å²) in [4.78, 5) is 0. The fourth-order valence-corrected chi connectivity index (χ4v) is 0.278. The Kier molecular flexibility index (Phi) is 0.308. The molecule has 1 unspecified atom stereocenters. The molecule has 0 spiro atoms. The lowest BCUT2D eigenvalue weighted by Gasteiger charge is -1.21. The molecule has 1 atom stereocenters. The molecule has 0 aromatic rings. The predicted molar refractivity (Wildman–Crippen MR) is 19.0 cm³/mol. The third-order valence-corrected chi connectivity index (χ3v) is 0.962. The highest BCUT2D eigenvalue weighted by Crippen LogP contribution is 2.33. The van der Waals surface area contributed by atoms with Crippen molar-refractivity contribution in [3.63, 3.8) is 0 Å². The highest BCUT2D eigenvalue weighted by atomic mass is 31.1. The zero-order chi connectivity index (χ0) is 2.99. The summed E-state index contributed by atoms with van der Waals surface area (Å²) in [5.41, 5.74) is 0. The van der Waals surface area contributed by atoms with Gasteiger partial charge < -0.3 is 0 Å². The van der Waals surface area contributed by atoms with Crippen molar-refractivity contribution in [2.75, 3.05) is 6.16 Å². The van der Waals surface area contributed by atoms with Gasteiger partial charge in [-0.3, -0.25) is 0 Å². The lowest BCUT2D eigenvalue weighted by Crippen LogP contribution is -1.28. The van der Waals surface area contributed by atoms with Gasteiger partial charge in [0.05, 0.1) is 0 Å². The minimum Gasteiger partial charge on any atom is 0.00478 e. The van der Waals surface area contributed by atoms with Gasteiger partial charge in [0, 0.05) is 4.20 Å². The molecule has 0 aromatic heterocycles. The summed E-state index contributed by atoms with van der Waals surface area (Å²) in [6.07, 6.45) is 0.759. The van der Waals surface area contributed by atoms with Crippen LogP contribution < -0.4 is 0 Å². The summed E-state index contributed by atoms with van der Waals surface area (Å²) >= 11 is 0. The summed E-state index contributed by atoms with van der Waals surface area (Å²) in [5, 5.41) is 0. The van der Waals surface area contributed by atoms with Crippen molar-refractivity contribution in [2.45, 2.75) is 0 Å². The molecule has 0 nitrogen and oxygen atoms in total. The van der Waals surface area contributed by atoms with E-state index < -0.39 is 7.86 Å². The van der Waals surface area contributed by atoms with Crippen molar-refractivity contribution < 1.29 is 4.20 Å². The smallest absolute Gasteiger partial charge is 0.00478 e. The van der Waals surface area contributed by atoms with Crippen LogP contribution in [0.3, 0.4) is 0 Å². The summed E-state index contributed by atoms with van der Waals surface area (Å²) in [7, 11) is -0.995. The maximum absolute atomic E-state index is 11.1. The Morgan fingerprint density at radius 2 is 2.25 bits per heavy atom. The molecule has 1 heterocycles. The van der Waals surface area contributed by atoms with Gasteiger partial charge >= 0.3 is 7.86 Å². The molecule has 1 aliphatic heterocycles. The quantitative estimate of drug-likeness (QED) is 0.381. The average molecular weight is 77.0 g/mol. The molecule has 0 N–H and O–H groups in total. The number of rotatable bonds is 0. The van der Waals surface area contributed by atoms with Gasteiger partial charge in [0.25, 0.3) is 0 Å². The Hall–Kier alpha value is 0.100. The van der Waals surface area contributed by atoms with Crippen LogP contribution in [0, 0.1) is 0 Å².